The predicted octanol–water partition coefficient (Wildman–Crippen LogP) is 2.32. The number of nitrogens with one attached hydrogen (secondary N) is 1. The van der Waals surface area contributed by atoms with Gasteiger partial charge in [-0.2, -0.15) is 0 Å². The third-order valence-electron chi connectivity index (χ3n) is 5.67. The van der Waals surface area contributed by atoms with Crippen molar-refractivity contribution in [3.05, 3.63) is 49.4 Å². The Kier molecular flexibility index (Phi) is 4.55. The predicted molar refractivity (Wildman–Crippen MR) is 104 cm³/mol. The van der Waals surface area contributed by atoms with Gasteiger partial charge in [-0.25, -0.2) is 0 Å². The monoisotopic (exact) mass is 402 g/mol. The maximum Gasteiger partial charge on any atom is 0.305 e. The minimum absolute atomic E-state index is 0.193. The highest BCUT2D eigenvalue weighted by atomic mass is 32.2. The molecule has 1 aromatic heterocycles. The number of aromatic nitrogens is 1. The molecule has 0 bridgehead atoms. The fraction of sp³-hybridized carbons (Fsp3) is 0.450. The van der Waals surface area contributed by atoms with Gasteiger partial charge in [-0.1, -0.05) is 49.1 Å². The highest BCUT2D eigenvalue weighted by Gasteiger charge is 2.49. The van der Waals surface area contributed by atoms with Crippen LogP contribution in [0.4, 0.5) is 0 Å². The lowest BCUT2D eigenvalue weighted by atomic mass is 9.71. The SMILES string of the molecule is CC1(C)c2sc(=O)[nH]c2S[C@H](C(=O)[O-])[C@H]1C(=O)c1ccc2c(c1)CCCC2. The number of thiazole rings is 1. The number of thioether (sulfide) groups is 1. The summed E-state index contributed by atoms with van der Waals surface area (Å²) in [7, 11) is 0. The first kappa shape index (κ1) is 18.5. The fourth-order valence-corrected chi connectivity index (χ4v) is 6.93. The first-order valence-corrected chi connectivity index (χ1v) is 10.8. The van der Waals surface area contributed by atoms with Gasteiger partial charge in [-0.05, 0) is 42.9 Å². The largest absolute Gasteiger partial charge is 0.549 e. The lowest BCUT2D eigenvalue weighted by molar-refractivity contribution is -0.305. The number of aliphatic carboxylic acids is 1. The number of carboxylic acids is 1. The Morgan fingerprint density at radius 2 is 1.89 bits per heavy atom. The highest BCUT2D eigenvalue weighted by Crippen LogP contribution is 2.50. The number of carbonyl (C=O) groups is 2. The molecule has 4 rings (SSSR count). The molecule has 7 heteroatoms. The molecule has 2 atom stereocenters. The molecule has 0 fully saturated rings. The number of Topliss-reactive ketones (excluding diaryl/α,β-unsaturated/α-hetero) is 1. The summed E-state index contributed by atoms with van der Waals surface area (Å²) in [5.74, 6) is -2.27. The smallest absolute Gasteiger partial charge is 0.305 e. The van der Waals surface area contributed by atoms with Gasteiger partial charge < -0.3 is 14.9 Å². The number of fused-ring (bicyclic) bond motifs is 2. The van der Waals surface area contributed by atoms with E-state index in [1.807, 2.05) is 32.0 Å². The van der Waals surface area contributed by atoms with Gasteiger partial charge in [0.25, 0.3) is 0 Å². The number of rotatable bonds is 3. The Hall–Kier alpha value is -1.86. The number of H-pyrrole nitrogens is 1. The summed E-state index contributed by atoms with van der Waals surface area (Å²) in [6, 6.07) is 5.74. The van der Waals surface area contributed by atoms with Crippen LogP contribution in [0.1, 0.15) is 53.1 Å². The molecule has 0 spiro atoms. The van der Waals surface area contributed by atoms with E-state index in [9.17, 15) is 19.5 Å². The van der Waals surface area contributed by atoms with Gasteiger partial charge in [-0.15, -0.1) is 0 Å². The normalized spacial score (nSPS) is 23.3. The number of benzene rings is 1. The van der Waals surface area contributed by atoms with Gasteiger partial charge in [-0.3, -0.25) is 9.59 Å². The molecule has 1 aliphatic heterocycles. The van der Waals surface area contributed by atoms with Crippen LogP contribution in [-0.2, 0) is 23.1 Å². The van der Waals surface area contributed by atoms with Gasteiger partial charge in [0.15, 0.2) is 5.78 Å². The molecule has 1 N–H and O–H groups in total. The Morgan fingerprint density at radius 1 is 1.19 bits per heavy atom. The van der Waals surface area contributed by atoms with E-state index < -0.39 is 22.6 Å². The van der Waals surface area contributed by atoms with Crippen LogP contribution in [0.25, 0.3) is 0 Å². The minimum Gasteiger partial charge on any atom is -0.549 e. The quantitative estimate of drug-likeness (QED) is 0.796. The molecule has 2 aliphatic rings. The van der Waals surface area contributed by atoms with Crippen molar-refractivity contribution in [2.45, 2.75) is 55.2 Å². The lowest BCUT2D eigenvalue weighted by Gasteiger charge is -2.42. The molecular weight excluding hydrogens is 382 g/mol. The summed E-state index contributed by atoms with van der Waals surface area (Å²) in [6.07, 6.45) is 4.25. The van der Waals surface area contributed by atoms with Crippen LogP contribution >= 0.6 is 23.1 Å². The van der Waals surface area contributed by atoms with Crippen LogP contribution in [-0.4, -0.2) is 22.0 Å². The maximum atomic E-state index is 13.4. The zero-order valence-electron chi connectivity index (χ0n) is 15.2. The van der Waals surface area contributed by atoms with Crippen LogP contribution in [0.15, 0.2) is 28.0 Å². The molecule has 27 heavy (non-hydrogen) atoms. The third-order valence-corrected chi connectivity index (χ3v) is 8.29. The molecule has 2 aromatic rings. The van der Waals surface area contributed by atoms with Gasteiger partial charge in [0.1, 0.15) is 0 Å². The molecule has 2 heterocycles. The van der Waals surface area contributed by atoms with Gasteiger partial charge >= 0.3 is 4.87 Å². The van der Waals surface area contributed by atoms with Crippen LogP contribution in [0, 0.1) is 5.92 Å². The zero-order chi connectivity index (χ0) is 19.3. The number of carbonyl (C=O) groups excluding carboxylic acids is 2. The average Bonchev–Trinajstić information content (AvgIpc) is 3.02. The zero-order valence-corrected chi connectivity index (χ0v) is 16.8. The van der Waals surface area contributed by atoms with E-state index in [2.05, 4.69) is 4.98 Å². The summed E-state index contributed by atoms with van der Waals surface area (Å²) in [5, 5.41) is 11.4. The summed E-state index contributed by atoms with van der Waals surface area (Å²) in [4.78, 5) is 40.3. The highest BCUT2D eigenvalue weighted by molar-refractivity contribution is 8.00. The van der Waals surface area contributed by atoms with Gasteiger partial charge in [0, 0.05) is 21.8 Å². The van der Waals surface area contributed by atoms with Crippen LogP contribution in [0.3, 0.4) is 0 Å². The van der Waals surface area contributed by atoms with Gasteiger partial charge in [0.05, 0.1) is 16.2 Å². The van der Waals surface area contributed by atoms with Gasteiger partial charge in [0.2, 0.25) is 0 Å². The lowest BCUT2D eigenvalue weighted by Crippen LogP contribution is -2.51. The Bertz CT molecular complexity index is 988. The van der Waals surface area contributed by atoms with Crippen molar-refractivity contribution in [3.63, 3.8) is 0 Å². The van der Waals surface area contributed by atoms with E-state index in [0.717, 1.165) is 53.7 Å². The van der Waals surface area contributed by atoms with Crippen molar-refractivity contribution in [1.29, 1.82) is 0 Å². The van der Waals surface area contributed by atoms with Crippen molar-refractivity contribution >= 4 is 34.9 Å². The van der Waals surface area contributed by atoms with E-state index in [-0.39, 0.29) is 10.7 Å². The number of carboxylic acid groups (broad SMARTS) is 1. The molecule has 0 amide bonds. The molecule has 142 valence electrons. The van der Waals surface area contributed by atoms with Crippen molar-refractivity contribution in [2.24, 2.45) is 5.92 Å². The standard InChI is InChI=1S/C20H21NO4S2/c1-20(2)13(15(18(23)24)26-17-16(20)27-19(25)21-17)14(22)12-8-7-10-5-3-4-6-11(10)9-12/h7-9,13,15H,3-6H2,1-2H3,(H,21,25)(H,23,24)/p-1/t13-,15+/m1/s1. The second kappa shape index (κ2) is 6.63. The second-order valence-electron chi connectivity index (χ2n) is 7.78. The minimum atomic E-state index is -1.28. The first-order chi connectivity index (χ1) is 12.8. The fourth-order valence-electron chi connectivity index (χ4n) is 4.25. The number of aryl methyl sites for hydroxylation is 2. The van der Waals surface area contributed by atoms with E-state index in [4.69, 9.17) is 0 Å². The average molecular weight is 403 g/mol. The topological polar surface area (TPSA) is 90.1 Å². The second-order valence-corrected chi connectivity index (χ2v) is 9.92. The number of ketones is 1. The van der Waals surface area contributed by atoms with E-state index >= 15 is 0 Å². The first-order valence-electron chi connectivity index (χ1n) is 9.06. The van der Waals surface area contributed by atoms with E-state index in [1.165, 1.54) is 11.1 Å². The molecule has 0 saturated heterocycles. The molecule has 0 radical (unpaired) electrons. The van der Waals surface area contributed by atoms with Crippen LogP contribution < -0.4 is 9.98 Å². The summed E-state index contributed by atoms with van der Waals surface area (Å²) in [5.41, 5.74) is 2.23. The Balaban J connectivity index is 1.79. The van der Waals surface area contributed by atoms with Crippen molar-refractivity contribution in [2.75, 3.05) is 0 Å². The number of aromatic amines is 1. The van der Waals surface area contributed by atoms with E-state index in [1.54, 1.807) is 0 Å². The molecular formula is C20H20NO4S2-. The summed E-state index contributed by atoms with van der Waals surface area (Å²) in [6.45, 7) is 3.68. The molecule has 0 unspecified atom stereocenters. The van der Waals surface area contributed by atoms with Crippen molar-refractivity contribution < 1.29 is 14.7 Å². The van der Waals surface area contributed by atoms with Crippen molar-refractivity contribution in [1.82, 2.24) is 4.98 Å². The number of hydrogen-bond acceptors (Lipinski definition) is 6. The molecule has 1 aliphatic carbocycles. The van der Waals surface area contributed by atoms with Crippen LogP contribution in [0.2, 0.25) is 0 Å². The Labute approximate surface area is 165 Å². The summed E-state index contributed by atoms with van der Waals surface area (Å²) < 4.78 is 0. The molecule has 0 saturated carbocycles. The Morgan fingerprint density at radius 3 is 2.59 bits per heavy atom. The maximum absolute atomic E-state index is 13.4. The third kappa shape index (κ3) is 3.06. The number of hydrogen-bond donors (Lipinski definition) is 1. The van der Waals surface area contributed by atoms with Crippen molar-refractivity contribution in [3.8, 4) is 0 Å². The summed E-state index contributed by atoms with van der Waals surface area (Å²) >= 11 is 2.07. The van der Waals surface area contributed by atoms with Crippen LogP contribution in [0.5, 0.6) is 0 Å². The molecule has 5 nitrogen and oxygen atoms in total. The van der Waals surface area contributed by atoms with E-state index in [0.29, 0.717) is 10.6 Å². The molecule has 1 aromatic carbocycles.